The van der Waals surface area contributed by atoms with Gasteiger partial charge in [-0.05, 0) is 13.3 Å². The minimum atomic E-state index is 0.119. The molecule has 0 aromatic carbocycles. The maximum absolute atomic E-state index is 11.0. The quantitative estimate of drug-likeness (QED) is 0.606. The van der Waals surface area contributed by atoms with Crippen LogP contribution in [0.3, 0.4) is 0 Å². The van der Waals surface area contributed by atoms with Crippen LogP contribution in [0.2, 0.25) is 5.15 Å². The number of rotatable bonds is 3. The molecule has 1 aliphatic heterocycles. The van der Waals surface area contributed by atoms with Crippen molar-refractivity contribution in [2.45, 2.75) is 25.5 Å². The van der Waals surface area contributed by atoms with Crippen molar-refractivity contribution in [3.05, 3.63) is 17.0 Å². The van der Waals surface area contributed by atoms with E-state index in [0.29, 0.717) is 17.7 Å². The van der Waals surface area contributed by atoms with E-state index in [1.54, 1.807) is 0 Å². The SMILES string of the molecule is CC1OCCC1N(C)c1ncnc(Cl)c1C=O. The Morgan fingerprint density at radius 3 is 2.94 bits per heavy atom. The van der Waals surface area contributed by atoms with E-state index in [0.717, 1.165) is 13.0 Å². The van der Waals surface area contributed by atoms with Gasteiger partial charge >= 0.3 is 0 Å². The summed E-state index contributed by atoms with van der Waals surface area (Å²) < 4.78 is 5.51. The summed E-state index contributed by atoms with van der Waals surface area (Å²) in [6.45, 7) is 2.74. The van der Waals surface area contributed by atoms with Gasteiger partial charge in [-0.2, -0.15) is 0 Å². The summed E-state index contributed by atoms with van der Waals surface area (Å²) in [7, 11) is 1.89. The summed E-state index contributed by atoms with van der Waals surface area (Å²) in [5, 5.41) is 0.184. The van der Waals surface area contributed by atoms with E-state index in [1.165, 1.54) is 6.33 Å². The monoisotopic (exact) mass is 255 g/mol. The highest BCUT2D eigenvalue weighted by atomic mass is 35.5. The Hall–Kier alpha value is -1.20. The van der Waals surface area contributed by atoms with Crippen LogP contribution < -0.4 is 4.90 Å². The average molecular weight is 256 g/mol. The minimum absolute atomic E-state index is 0.119. The van der Waals surface area contributed by atoms with Crippen LogP contribution in [0.5, 0.6) is 0 Å². The van der Waals surface area contributed by atoms with Gasteiger partial charge < -0.3 is 9.64 Å². The van der Waals surface area contributed by atoms with Crippen LogP contribution in [0, 0.1) is 0 Å². The molecule has 0 saturated carbocycles. The molecule has 5 nitrogen and oxygen atoms in total. The molecule has 2 unspecified atom stereocenters. The highest BCUT2D eigenvalue weighted by Crippen LogP contribution is 2.26. The van der Waals surface area contributed by atoms with Crippen molar-refractivity contribution < 1.29 is 9.53 Å². The second kappa shape index (κ2) is 4.98. The number of aldehydes is 1. The lowest BCUT2D eigenvalue weighted by Gasteiger charge is -2.28. The topological polar surface area (TPSA) is 55.3 Å². The number of hydrogen-bond acceptors (Lipinski definition) is 5. The van der Waals surface area contributed by atoms with Gasteiger partial charge in [-0.3, -0.25) is 4.79 Å². The number of carbonyl (C=O) groups is 1. The summed E-state index contributed by atoms with van der Waals surface area (Å²) >= 11 is 5.88. The summed E-state index contributed by atoms with van der Waals surface area (Å²) in [6, 6.07) is 0.208. The molecule has 1 aliphatic rings. The number of aromatic nitrogens is 2. The maximum atomic E-state index is 11.0. The van der Waals surface area contributed by atoms with Crippen LogP contribution in [0.15, 0.2) is 6.33 Å². The Balaban J connectivity index is 2.33. The molecule has 92 valence electrons. The molecule has 1 fully saturated rings. The zero-order valence-electron chi connectivity index (χ0n) is 9.76. The van der Waals surface area contributed by atoms with Gasteiger partial charge in [-0.1, -0.05) is 11.6 Å². The fourth-order valence-electron chi connectivity index (χ4n) is 2.13. The van der Waals surface area contributed by atoms with Crippen molar-refractivity contribution >= 4 is 23.7 Å². The van der Waals surface area contributed by atoms with Gasteiger partial charge in [0, 0.05) is 13.7 Å². The molecule has 1 aromatic heterocycles. The van der Waals surface area contributed by atoms with Gasteiger partial charge in [-0.25, -0.2) is 9.97 Å². The molecule has 0 N–H and O–H groups in total. The number of carbonyl (C=O) groups excluding carboxylic acids is 1. The van der Waals surface area contributed by atoms with Crippen LogP contribution in [-0.2, 0) is 4.74 Å². The first-order chi connectivity index (χ1) is 8.15. The number of anilines is 1. The number of hydrogen-bond donors (Lipinski definition) is 0. The number of nitrogens with zero attached hydrogens (tertiary/aromatic N) is 3. The lowest BCUT2D eigenvalue weighted by atomic mass is 10.1. The van der Waals surface area contributed by atoms with Crippen LogP contribution in [0.1, 0.15) is 23.7 Å². The molecule has 1 aromatic rings. The maximum Gasteiger partial charge on any atom is 0.156 e. The molecule has 1 saturated heterocycles. The molecule has 0 aliphatic carbocycles. The lowest BCUT2D eigenvalue weighted by molar-refractivity contribution is 0.112. The second-order valence-electron chi connectivity index (χ2n) is 4.06. The van der Waals surface area contributed by atoms with Crippen molar-refractivity contribution in [3.63, 3.8) is 0 Å². The molecular weight excluding hydrogens is 242 g/mol. The molecule has 2 atom stereocenters. The van der Waals surface area contributed by atoms with Gasteiger partial charge in [0.05, 0.1) is 17.7 Å². The van der Waals surface area contributed by atoms with Crippen molar-refractivity contribution in [3.8, 4) is 0 Å². The smallest absolute Gasteiger partial charge is 0.156 e. The fraction of sp³-hybridized carbons (Fsp3) is 0.545. The molecular formula is C11H14ClN3O2. The predicted octanol–water partition coefficient (Wildman–Crippen LogP) is 1.56. The summed E-state index contributed by atoms with van der Waals surface area (Å²) in [4.78, 5) is 20.9. The van der Waals surface area contributed by atoms with E-state index in [1.807, 2.05) is 18.9 Å². The second-order valence-corrected chi connectivity index (χ2v) is 4.42. The molecule has 2 rings (SSSR count). The fourth-order valence-corrected chi connectivity index (χ4v) is 2.31. The zero-order valence-corrected chi connectivity index (χ0v) is 10.5. The van der Waals surface area contributed by atoms with Crippen LogP contribution >= 0.6 is 11.6 Å². The lowest BCUT2D eigenvalue weighted by Crippen LogP contribution is -2.38. The highest BCUT2D eigenvalue weighted by molar-refractivity contribution is 6.32. The van der Waals surface area contributed by atoms with Gasteiger partial charge in [0.2, 0.25) is 0 Å². The third-order valence-electron chi connectivity index (χ3n) is 3.10. The first-order valence-corrected chi connectivity index (χ1v) is 5.83. The molecule has 0 radical (unpaired) electrons. The van der Waals surface area contributed by atoms with E-state index >= 15 is 0 Å². The highest BCUT2D eigenvalue weighted by Gasteiger charge is 2.30. The van der Waals surface area contributed by atoms with E-state index in [2.05, 4.69) is 9.97 Å². The van der Waals surface area contributed by atoms with Crippen molar-refractivity contribution in [2.75, 3.05) is 18.6 Å². The molecule has 6 heteroatoms. The van der Waals surface area contributed by atoms with E-state index in [4.69, 9.17) is 16.3 Å². The number of ether oxygens (including phenoxy) is 1. The van der Waals surface area contributed by atoms with Gasteiger partial charge in [0.1, 0.15) is 17.3 Å². The first kappa shape index (κ1) is 12.3. The van der Waals surface area contributed by atoms with Crippen molar-refractivity contribution in [2.24, 2.45) is 0 Å². The molecule has 0 bridgehead atoms. The van der Waals surface area contributed by atoms with E-state index in [-0.39, 0.29) is 17.3 Å². The zero-order chi connectivity index (χ0) is 12.4. The van der Waals surface area contributed by atoms with Crippen LogP contribution in [-0.4, -0.2) is 42.1 Å². The Morgan fingerprint density at radius 1 is 1.59 bits per heavy atom. The minimum Gasteiger partial charge on any atom is -0.376 e. The normalized spacial score (nSPS) is 23.7. The third-order valence-corrected chi connectivity index (χ3v) is 3.40. The molecule has 2 heterocycles. The van der Waals surface area contributed by atoms with Crippen molar-refractivity contribution in [1.82, 2.24) is 9.97 Å². The van der Waals surface area contributed by atoms with Crippen LogP contribution in [0.25, 0.3) is 0 Å². The average Bonchev–Trinajstić information content (AvgIpc) is 2.74. The first-order valence-electron chi connectivity index (χ1n) is 5.45. The van der Waals surface area contributed by atoms with Crippen molar-refractivity contribution in [1.29, 1.82) is 0 Å². The van der Waals surface area contributed by atoms with Crippen LogP contribution in [0.4, 0.5) is 5.82 Å². The standard InChI is InChI=1S/C11H14ClN3O2/c1-7-9(3-4-17-7)15(2)11-8(5-16)10(12)13-6-14-11/h5-7,9H,3-4H2,1-2H3. The predicted molar refractivity (Wildman–Crippen MR) is 64.7 cm³/mol. The van der Waals surface area contributed by atoms with E-state index < -0.39 is 0 Å². The largest absolute Gasteiger partial charge is 0.376 e. The van der Waals surface area contributed by atoms with Gasteiger partial charge in [-0.15, -0.1) is 0 Å². The Bertz CT molecular complexity index is 427. The Labute approximate surface area is 105 Å². The molecule has 17 heavy (non-hydrogen) atoms. The van der Waals surface area contributed by atoms with Gasteiger partial charge in [0.25, 0.3) is 0 Å². The Kier molecular flexibility index (Phi) is 3.59. The summed E-state index contributed by atoms with van der Waals surface area (Å²) in [5.41, 5.74) is 0.329. The molecule has 0 amide bonds. The van der Waals surface area contributed by atoms with Gasteiger partial charge in [0.15, 0.2) is 6.29 Å². The number of halogens is 1. The van der Waals surface area contributed by atoms with E-state index in [9.17, 15) is 4.79 Å². The number of likely N-dealkylation sites (N-methyl/N-ethyl adjacent to an activating group) is 1. The third kappa shape index (κ3) is 2.25. The Morgan fingerprint density at radius 2 is 2.35 bits per heavy atom. The summed E-state index contributed by atoms with van der Waals surface area (Å²) in [6.07, 6.45) is 3.08. The summed E-state index contributed by atoms with van der Waals surface area (Å²) in [5.74, 6) is 0.558. The molecule has 0 spiro atoms.